The number of carbonyl (C=O) groups excluding carboxylic acids is 2. The molecule has 140 valence electrons. The number of Topliss-reactive ketones (excluding diaryl/α,β-unsaturated/α-hetero) is 1. The van der Waals surface area contributed by atoms with E-state index in [9.17, 15) is 9.59 Å². The van der Waals surface area contributed by atoms with E-state index in [0.29, 0.717) is 39.1 Å². The Morgan fingerprint density at radius 2 is 1.93 bits per heavy atom. The van der Waals surface area contributed by atoms with Gasteiger partial charge in [0.15, 0.2) is 10.9 Å². The Morgan fingerprint density at radius 3 is 2.56 bits per heavy atom. The Balaban J connectivity index is 1.81. The SMILES string of the molecule is CC(=O)c1c(C)[nH]c(C(=O)Nc2nc(C)c(Cc3ccccc3Cl)s2)c1C. The van der Waals surface area contributed by atoms with Gasteiger partial charge in [0, 0.05) is 27.6 Å². The molecule has 2 aromatic heterocycles. The Bertz CT molecular complexity index is 1040. The van der Waals surface area contributed by atoms with Gasteiger partial charge in [0.1, 0.15) is 5.69 Å². The third-order valence-corrected chi connectivity index (χ3v) is 5.88. The Morgan fingerprint density at radius 1 is 1.22 bits per heavy atom. The molecule has 0 aliphatic rings. The fraction of sp³-hybridized carbons (Fsp3) is 0.250. The second-order valence-corrected chi connectivity index (χ2v) is 7.92. The molecule has 0 radical (unpaired) electrons. The second-order valence-electron chi connectivity index (χ2n) is 6.43. The minimum absolute atomic E-state index is 0.0626. The predicted molar refractivity (Wildman–Crippen MR) is 109 cm³/mol. The number of hydrogen-bond acceptors (Lipinski definition) is 4. The Labute approximate surface area is 166 Å². The highest BCUT2D eigenvalue weighted by atomic mass is 35.5. The highest BCUT2D eigenvalue weighted by Gasteiger charge is 2.21. The maximum absolute atomic E-state index is 12.6. The molecule has 0 saturated heterocycles. The Kier molecular flexibility index (Phi) is 5.48. The van der Waals surface area contributed by atoms with Crippen molar-refractivity contribution in [3.8, 4) is 0 Å². The first-order chi connectivity index (χ1) is 12.8. The molecule has 0 atom stereocenters. The molecule has 0 bridgehead atoms. The zero-order valence-electron chi connectivity index (χ0n) is 15.6. The van der Waals surface area contributed by atoms with Crippen molar-refractivity contribution in [3.05, 3.63) is 67.9 Å². The number of aromatic nitrogens is 2. The van der Waals surface area contributed by atoms with Gasteiger partial charge in [-0.3, -0.25) is 14.9 Å². The van der Waals surface area contributed by atoms with Crippen LogP contribution in [0, 0.1) is 20.8 Å². The van der Waals surface area contributed by atoms with Crippen LogP contribution in [-0.4, -0.2) is 21.7 Å². The molecule has 1 aromatic carbocycles. The number of halogens is 1. The topological polar surface area (TPSA) is 74.8 Å². The number of nitrogens with zero attached hydrogens (tertiary/aromatic N) is 1. The van der Waals surface area contributed by atoms with Crippen molar-refractivity contribution >= 4 is 39.8 Å². The van der Waals surface area contributed by atoms with Gasteiger partial charge in [-0.05, 0) is 44.9 Å². The highest BCUT2D eigenvalue weighted by molar-refractivity contribution is 7.15. The van der Waals surface area contributed by atoms with E-state index < -0.39 is 0 Å². The van der Waals surface area contributed by atoms with E-state index in [1.165, 1.54) is 18.3 Å². The van der Waals surface area contributed by atoms with E-state index in [1.807, 2.05) is 31.2 Å². The average molecular weight is 402 g/mol. The monoisotopic (exact) mass is 401 g/mol. The van der Waals surface area contributed by atoms with Gasteiger partial charge in [-0.2, -0.15) is 0 Å². The molecule has 3 aromatic rings. The number of hydrogen-bond donors (Lipinski definition) is 2. The van der Waals surface area contributed by atoms with E-state index in [-0.39, 0.29) is 11.7 Å². The number of amides is 1. The largest absolute Gasteiger partial charge is 0.354 e. The van der Waals surface area contributed by atoms with E-state index in [4.69, 9.17) is 11.6 Å². The van der Waals surface area contributed by atoms with Crippen molar-refractivity contribution in [3.63, 3.8) is 0 Å². The zero-order chi connectivity index (χ0) is 19.7. The van der Waals surface area contributed by atoms with Crippen LogP contribution in [-0.2, 0) is 6.42 Å². The molecule has 1 amide bonds. The number of ketones is 1. The summed E-state index contributed by atoms with van der Waals surface area (Å²) in [5.74, 6) is -0.367. The molecule has 0 fully saturated rings. The van der Waals surface area contributed by atoms with Crippen LogP contribution in [0.3, 0.4) is 0 Å². The molecule has 0 spiro atoms. The summed E-state index contributed by atoms with van der Waals surface area (Å²) in [5, 5.41) is 4.07. The van der Waals surface area contributed by atoms with E-state index >= 15 is 0 Å². The molecule has 3 rings (SSSR count). The summed E-state index contributed by atoms with van der Waals surface area (Å²) in [7, 11) is 0. The van der Waals surface area contributed by atoms with Gasteiger partial charge in [-0.15, -0.1) is 11.3 Å². The average Bonchev–Trinajstić information content (AvgIpc) is 3.08. The fourth-order valence-corrected chi connectivity index (χ4v) is 4.31. The van der Waals surface area contributed by atoms with Gasteiger partial charge in [0.2, 0.25) is 0 Å². The number of nitrogens with one attached hydrogen (secondary N) is 2. The van der Waals surface area contributed by atoms with Gasteiger partial charge in [-0.25, -0.2) is 4.98 Å². The van der Waals surface area contributed by atoms with Crippen LogP contribution in [0.5, 0.6) is 0 Å². The molecule has 2 N–H and O–H groups in total. The lowest BCUT2D eigenvalue weighted by Gasteiger charge is -2.02. The summed E-state index contributed by atoms with van der Waals surface area (Å²) < 4.78 is 0. The number of aryl methyl sites for hydroxylation is 2. The summed E-state index contributed by atoms with van der Waals surface area (Å²) in [5.41, 5.74) is 4.18. The van der Waals surface area contributed by atoms with Crippen molar-refractivity contribution in [1.82, 2.24) is 9.97 Å². The van der Waals surface area contributed by atoms with Crippen LogP contribution in [0.25, 0.3) is 0 Å². The molecule has 2 heterocycles. The number of rotatable bonds is 5. The van der Waals surface area contributed by atoms with Crippen LogP contribution in [0.4, 0.5) is 5.13 Å². The quantitative estimate of drug-likeness (QED) is 0.584. The molecular weight excluding hydrogens is 382 g/mol. The van der Waals surface area contributed by atoms with Crippen molar-refractivity contribution in [2.45, 2.75) is 34.1 Å². The first-order valence-corrected chi connectivity index (χ1v) is 9.68. The van der Waals surface area contributed by atoms with E-state index in [1.54, 1.807) is 13.8 Å². The number of aromatic amines is 1. The molecule has 0 unspecified atom stereocenters. The highest BCUT2D eigenvalue weighted by Crippen LogP contribution is 2.28. The van der Waals surface area contributed by atoms with E-state index in [0.717, 1.165) is 16.1 Å². The Hall–Kier alpha value is -2.44. The summed E-state index contributed by atoms with van der Waals surface area (Å²) in [6, 6.07) is 7.68. The summed E-state index contributed by atoms with van der Waals surface area (Å²) in [6.45, 7) is 6.97. The standard InChI is InChI=1S/C20H20ClN3O2S/c1-10-17(13(4)25)12(3)22-18(10)19(26)24-20-23-11(2)16(27-20)9-14-7-5-6-8-15(14)21/h5-8,22H,9H2,1-4H3,(H,23,24,26). The minimum atomic E-state index is -0.304. The van der Waals surface area contributed by atoms with Crippen molar-refractivity contribution in [2.75, 3.05) is 5.32 Å². The molecule has 5 nitrogen and oxygen atoms in total. The van der Waals surface area contributed by atoms with Crippen LogP contribution in [0.15, 0.2) is 24.3 Å². The third-order valence-electron chi connectivity index (χ3n) is 4.44. The smallest absolute Gasteiger partial charge is 0.274 e. The maximum atomic E-state index is 12.6. The molecule has 27 heavy (non-hydrogen) atoms. The number of carbonyl (C=O) groups is 2. The number of anilines is 1. The van der Waals surface area contributed by atoms with Gasteiger partial charge in [-0.1, -0.05) is 29.8 Å². The molecule has 0 aliphatic carbocycles. The van der Waals surface area contributed by atoms with Crippen LogP contribution in [0.1, 0.15) is 55.2 Å². The van der Waals surface area contributed by atoms with Gasteiger partial charge in [0.25, 0.3) is 5.91 Å². The summed E-state index contributed by atoms with van der Waals surface area (Å²) in [4.78, 5) is 32.9. The van der Waals surface area contributed by atoms with Gasteiger partial charge < -0.3 is 4.98 Å². The van der Waals surface area contributed by atoms with Gasteiger partial charge >= 0.3 is 0 Å². The third kappa shape index (κ3) is 3.96. The van der Waals surface area contributed by atoms with Crippen molar-refractivity contribution in [2.24, 2.45) is 0 Å². The first-order valence-electron chi connectivity index (χ1n) is 8.49. The maximum Gasteiger partial charge on any atom is 0.274 e. The lowest BCUT2D eigenvalue weighted by molar-refractivity contribution is 0.101. The predicted octanol–water partition coefficient (Wildman–Crippen LogP) is 5.10. The number of H-pyrrole nitrogens is 1. The summed E-state index contributed by atoms with van der Waals surface area (Å²) >= 11 is 7.67. The molecule has 7 heteroatoms. The lowest BCUT2D eigenvalue weighted by atomic mass is 10.1. The fourth-order valence-electron chi connectivity index (χ4n) is 3.13. The van der Waals surface area contributed by atoms with Crippen LogP contribution in [0.2, 0.25) is 5.02 Å². The normalized spacial score (nSPS) is 10.9. The number of benzene rings is 1. The second kappa shape index (κ2) is 7.66. The zero-order valence-corrected chi connectivity index (χ0v) is 17.1. The minimum Gasteiger partial charge on any atom is -0.354 e. The summed E-state index contributed by atoms with van der Waals surface area (Å²) in [6.07, 6.45) is 0.661. The van der Waals surface area contributed by atoms with Crippen molar-refractivity contribution < 1.29 is 9.59 Å². The van der Waals surface area contributed by atoms with Crippen LogP contribution >= 0.6 is 22.9 Å². The number of thiazole rings is 1. The van der Waals surface area contributed by atoms with E-state index in [2.05, 4.69) is 15.3 Å². The molecule has 0 aliphatic heterocycles. The van der Waals surface area contributed by atoms with Crippen LogP contribution < -0.4 is 5.32 Å². The molecule has 0 saturated carbocycles. The first kappa shape index (κ1) is 19.3. The lowest BCUT2D eigenvalue weighted by Crippen LogP contribution is -2.13. The van der Waals surface area contributed by atoms with Gasteiger partial charge in [0.05, 0.1) is 5.69 Å². The molecular formula is C20H20ClN3O2S. The van der Waals surface area contributed by atoms with Crippen molar-refractivity contribution in [1.29, 1.82) is 0 Å².